The van der Waals surface area contributed by atoms with Gasteiger partial charge in [0.2, 0.25) is 0 Å². The van der Waals surface area contributed by atoms with Gasteiger partial charge in [0, 0.05) is 18.7 Å². The molecule has 0 unspecified atom stereocenters. The van der Waals surface area contributed by atoms with Crippen LogP contribution in [0.1, 0.15) is 23.2 Å². The van der Waals surface area contributed by atoms with Crippen molar-refractivity contribution < 1.29 is 14.3 Å². The number of nitrogens with one attached hydrogen (secondary N) is 2. The summed E-state index contributed by atoms with van der Waals surface area (Å²) in [5.41, 5.74) is 0.703. The number of benzene rings is 2. The van der Waals surface area contributed by atoms with E-state index < -0.39 is 0 Å². The number of hydrogen-bond donors (Lipinski definition) is 2. The van der Waals surface area contributed by atoms with E-state index in [0.29, 0.717) is 18.7 Å². The third kappa shape index (κ3) is 6.85. The van der Waals surface area contributed by atoms with Gasteiger partial charge in [-0.15, -0.1) is 0 Å². The molecule has 0 spiro atoms. The Morgan fingerprint density at radius 2 is 1.56 bits per heavy atom. The van der Waals surface area contributed by atoms with Gasteiger partial charge < -0.3 is 20.1 Å². The minimum absolute atomic E-state index is 0.0150. The fourth-order valence-corrected chi connectivity index (χ4v) is 2.36. The standard InChI is InChI=1S/C20H26N2O3/c1-24-18-11-5-6-12-19(18)25-16-15-21-13-7-8-14-22-20(23)17-9-3-2-4-10-17/h2-6,9-12,21H,7-8,13-16H2,1H3,(H,22,23). The fraction of sp³-hybridized carbons (Fsp3) is 0.350. The highest BCUT2D eigenvalue weighted by atomic mass is 16.5. The lowest BCUT2D eigenvalue weighted by atomic mass is 10.2. The first-order valence-electron chi connectivity index (χ1n) is 8.61. The first kappa shape index (κ1) is 18.8. The first-order chi connectivity index (χ1) is 12.3. The number of unbranched alkanes of at least 4 members (excludes halogenated alkanes) is 1. The minimum atomic E-state index is -0.0150. The number of hydrogen-bond acceptors (Lipinski definition) is 4. The number of rotatable bonds is 11. The van der Waals surface area contributed by atoms with Gasteiger partial charge in [-0.1, -0.05) is 30.3 Å². The summed E-state index contributed by atoms with van der Waals surface area (Å²) in [7, 11) is 1.64. The van der Waals surface area contributed by atoms with Crippen LogP contribution in [0.25, 0.3) is 0 Å². The molecule has 2 N–H and O–H groups in total. The van der Waals surface area contributed by atoms with Gasteiger partial charge in [0.05, 0.1) is 7.11 Å². The molecule has 5 heteroatoms. The Labute approximate surface area is 149 Å². The molecule has 0 saturated heterocycles. The molecular weight excluding hydrogens is 316 g/mol. The number of carbonyl (C=O) groups is 1. The van der Waals surface area contributed by atoms with Crippen LogP contribution in [0.5, 0.6) is 11.5 Å². The molecule has 5 nitrogen and oxygen atoms in total. The Morgan fingerprint density at radius 1 is 0.880 bits per heavy atom. The van der Waals surface area contributed by atoms with Crippen LogP contribution in [0, 0.1) is 0 Å². The second kappa shape index (κ2) is 11.1. The third-order valence-corrected chi connectivity index (χ3v) is 3.71. The fourth-order valence-electron chi connectivity index (χ4n) is 2.36. The normalized spacial score (nSPS) is 10.3. The summed E-state index contributed by atoms with van der Waals surface area (Å²) in [6.07, 6.45) is 1.95. The summed E-state index contributed by atoms with van der Waals surface area (Å²) < 4.78 is 10.9. The molecule has 0 fully saturated rings. The molecule has 134 valence electrons. The van der Waals surface area contributed by atoms with Gasteiger partial charge in [-0.3, -0.25) is 4.79 Å². The van der Waals surface area contributed by atoms with E-state index in [9.17, 15) is 4.79 Å². The highest BCUT2D eigenvalue weighted by Crippen LogP contribution is 2.25. The van der Waals surface area contributed by atoms with Gasteiger partial charge in [0.15, 0.2) is 11.5 Å². The van der Waals surface area contributed by atoms with Crippen LogP contribution in [0.15, 0.2) is 54.6 Å². The molecule has 0 saturated carbocycles. The number of methoxy groups -OCH3 is 1. The molecule has 0 aliphatic carbocycles. The smallest absolute Gasteiger partial charge is 0.251 e. The van der Waals surface area contributed by atoms with Crippen LogP contribution in [0.3, 0.4) is 0 Å². The zero-order valence-corrected chi connectivity index (χ0v) is 14.7. The Bertz CT molecular complexity index is 632. The second-order valence-corrected chi connectivity index (χ2v) is 5.58. The average Bonchev–Trinajstić information content (AvgIpc) is 2.67. The summed E-state index contributed by atoms with van der Waals surface area (Å²) in [5, 5.41) is 6.26. The van der Waals surface area contributed by atoms with E-state index in [4.69, 9.17) is 9.47 Å². The van der Waals surface area contributed by atoms with Gasteiger partial charge in [-0.05, 0) is 43.7 Å². The molecule has 0 bridgehead atoms. The van der Waals surface area contributed by atoms with Crippen LogP contribution < -0.4 is 20.1 Å². The minimum Gasteiger partial charge on any atom is -0.493 e. The van der Waals surface area contributed by atoms with Gasteiger partial charge in [-0.2, -0.15) is 0 Å². The largest absolute Gasteiger partial charge is 0.493 e. The number of amides is 1. The highest BCUT2D eigenvalue weighted by molar-refractivity contribution is 5.94. The van der Waals surface area contributed by atoms with Crippen LogP contribution in [-0.4, -0.2) is 39.3 Å². The molecule has 0 aliphatic heterocycles. The monoisotopic (exact) mass is 342 g/mol. The molecule has 1 amide bonds. The van der Waals surface area contributed by atoms with Crippen molar-refractivity contribution in [2.45, 2.75) is 12.8 Å². The number of para-hydroxylation sites is 2. The van der Waals surface area contributed by atoms with Gasteiger partial charge in [0.25, 0.3) is 5.91 Å². The van der Waals surface area contributed by atoms with Crippen LogP contribution in [0.2, 0.25) is 0 Å². The lowest BCUT2D eigenvalue weighted by Gasteiger charge is -2.11. The SMILES string of the molecule is COc1ccccc1OCCNCCCCNC(=O)c1ccccc1. The average molecular weight is 342 g/mol. The lowest BCUT2D eigenvalue weighted by molar-refractivity contribution is 0.0953. The zero-order chi connectivity index (χ0) is 17.7. The Hall–Kier alpha value is -2.53. The van der Waals surface area contributed by atoms with E-state index in [1.165, 1.54) is 0 Å². The number of ether oxygens (including phenoxy) is 2. The van der Waals surface area contributed by atoms with E-state index in [-0.39, 0.29) is 5.91 Å². The highest BCUT2D eigenvalue weighted by Gasteiger charge is 2.03. The molecule has 2 aromatic rings. The summed E-state index contributed by atoms with van der Waals surface area (Å²) in [4.78, 5) is 11.9. The quantitative estimate of drug-likeness (QED) is 0.617. The maximum atomic E-state index is 11.9. The predicted octanol–water partition coefficient (Wildman–Crippen LogP) is 2.87. The van der Waals surface area contributed by atoms with Crippen LogP contribution in [-0.2, 0) is 0 Å². The zero-order valence-electron chi connectivity index (χ0n) is 14.7. The maximum absolute atomic E-state index is 11.9. The molecule has 2 aromatic carbocycles. The Balaban J connectivity index is 1.48. The van der Waals surface area contributed by atoms with Crippen LogP contribution >= 0.6 is 0 Å². The topological polar surface area (TPSA) is 59.6 Å². The molecular formula is C20H26N2O3. The molecule has 0 aromatic heterocycles. The van der Waals surface area contributed by atoms with Crippen LogP contribution in [0.4, 0.5) is 0 Å². The van der Waals surface area contributed by atoms with Crippen molar-refractivity contribution in [2.75, 3.05) is 33.4 Å². The van der Waals surface area contributed by atoms with E-state index in [1.54, 1.807) is 7.11 Å². The Kier molecular flexibility index (Phi) is 8.35. The number of carbonyl (C=O) groups excluding carboxylic acids is 1. The molecule has 0 atom stereocenters. The van der Waals surface area contributed by atoms with E-state index in [1.807, 2.05) is 54.6 Å². The third-order valence-electron chi connectivity index (χ3n) is 3.71. The molecule has 25 heavy (non-hydrogen) atoms. The van der Waals surface area contributed by atoms with Crippen molar-refractivity contribution in [2.24, 2.45) is 0 Å². The molecule has 0 aliphatic rings. The van der Waals surface area contributed by atoms with Gasteiger partial charge >= 0.3 is 0 Å². The first-order valence-corrected chi connectivity index (χ1v) is 8.61. The summed E-state index contributed by atoms with van der Waals surface area (Å²) in [5.74, 6) is 1.49. The van der Waals surface area contributed by atoms with E-state index in [2.05, 4.69) is 10.6 Å². The summed E-state index contributed by atoms with van der Waals surface area (Å²) in [6, 6.07) is 16.9. The van der Waals surface area contributed by atoms with Crippen molar-refractivity contribution in [3.63, 3.8) is 0 Å². The molecule has 0 radical (unpaired) electrons. The maximum Gasteiger partial charge on any atom is 0.251 e. The lowest BCUT2D eigenvalue weighted by Crippen LogP contribution is -2.26. The van der Waals surface area contributed by atoms with Gasteiger partial charge in [0.1, 0.15) is 6.61 Å². The molecule has 2 rings (SSSR count). The van der Waals surface area contributed by atoms with Crippen molar-refractivity contribution >= 4 is 5.91 Å². The van der Waals surface area contributed by atoms with Crippen molar-refractivity contribution in [1.82, 2.24) is 10.6 Å². The van der Waals surface area contributed by atoms with Gasteiger partial charge in [-0.25, -0.2) is 0 Å². The second-order valence-electron chi connectivity index (χ2n) is 5.58. The molecule has 0 heterocycles. The van der Waals surface area contributed by atoms with E-state index in [0.717, 1.165) is 37.4 Å². The summed E-state index contributed by atoms with van der Waals surface area (Å²) >= 11 is 0. The summed E-state index contributed by atoms with van der Waals surface area (Å²) in [6.45, 7) is 2.95. The van der Waals surface area contributed by atoms with E-state index >= 15 is 0 Å². The van der Waals surface area contributed by atoms with Crippen molar-refractivity contribution in [3.8, 4) is 11.5 Å². The van der Waals surface area contributed by atoms with Crippen molar-refractivity contribution in [1.29, 1.82) is 0 Å². The predicted molar refractivity (Wildman–Crippen MR) is 99.4 cm³/mol. The Morgan fingerprint density at radius 3 is 2.32 bits per heavy atom. The van der Waals surface area contributed by atoms with Crippen molar-refractivity contribution in [3.05, 3.63) is 60.2 Å².